The van der Waals surface area contributed by atoms with Gasteiger partial charge in [-0.2, -0.15) is 0 Å². The molecule has 5 nitrogen and oxygen atoms in total. The van der Waals surface area contributed by atoms with Crippen LogP contribution < -0.4 is 0 Å². The summed E-state index contributed by atoms with van der Waals surface area (Å²) in [6, 6.07) is 2.02. The molecule has 0 spiro atoms. The maximum Gasteiger partial charge on any atom is 0.0949 e. The van der Waals surface area contributed by atoms with Crippen molar-refractivity contribution in [3.05, 3.63) is 41.9 Å². The molecule has 0 aromatic carbocycles. The molecule has 3 rings (SSSR count). The molecule has 0 radical (unpaired) electrons. The lowest BCUT2D eigenvalue weighted by Gasteiger charge is -2.32. The van der Waals surface area contributed by atoms with Crippen LogP contribution in [0.15, 0.2) is 29.3 Å². The molecule has 2 aromatic heterocycles. The number of hydrogen-bond donors (Lipinski definition) is 0. The summed E-state index contributed by atoms with van der Waals surface area (Å²) >= 11 is 0. The molecule has 0 aliphatic carbocycles. The second-order valence-electron chi connectivity index (χ2n) is 5.35. The maximum absolute atomic E-state index is 5.65. The Balaban J connectivity index is 1.77. The number of ether oxygens (including phenoxy) is 1. The first-order valence-electron chi connectivity index (χ1n) is 7.09. The van der Waals surface area contributed by atoms with E-state index >= 15 is 0 Å². The van der Waals surface area contributed by atoms with E-state index < -0.39 is 0 Å². The molecule has 0 saturated carbocycles. The minimum absolute atomic E-state index is 0.387. The SMILES string of the molecule is CCOC[C@H]1CN(Cc2ccoc2)Cc2ncn(C)c21. The highest BCUT2D eigenvalue weighted by atomic mass is 16.5. The Morgan fingerprint density at radius 3 is 3.15 bits per heavy atom. The van der Waals surface area contributed by atoms with Gasteiger partial charge < -0.3 is 13.7 Å². The summed E-state index contributed by atoms with van der Waals surface area (Å²) in [5.41, 5.74) is 3.70. The van der Waals surface area contributed by atoms with Crippen molar-refractivity contribution in [2.24, 2.45) is 7.05 Å². The zero-order chi connectivity index (χ0) is 13.9. The van der Waals surface area contributed by atoms with E-state index in [1.54, 1.807) is 6.26 Å². The number of furan rings is 1. The number of rotatable bonds is 5. The standard InChI is InChI=1S/C15H21N3O2/c1-3-19-10-13-7-18(6-12-4-5-20-9-12)8-14-15(13)17(2)11-16-14/h4-5,9,11,13H,3,6-8,10H2,1-2H3/t13-/m1/s1. The molecule has 0 saturated heterocycles. The Labute approximate surface area is 119 Å². The number of hydrogen-bond acceptors (Lipinski definition) is 4. The fourth-order valence-electron chi connectivity index (χ4n) is 2.96. The van der Waals surface area contributed by atoms with E-state index in [2.05, 4.69) is 21.5 Å². The topological polar surface area (TPSA) is 43.4 Å². The Morgan fingerprint density at radius 2 is 2.40 bits per heavy atom. The van der Waals surface area contributed by atoms with Gasteiger partial charge in [-0.3, -0.25) is 4.90 Å². The second-order valence-corrected chi connectivity index (χ2v) is 5.35. The van der Waals surface area contributed by atoms with E-state index in [0.29, 0.717) is 5.92 Å². The highest BCUT2D eigenvalue weighted by molar-refractivity contribution is 5.22. The zero-order valence-corrected chi connectivity index (χ0v) is 12.1. The van der Waals surface area contributed by atoms with Crippen molar-refractivity contribution in [1.29, 1.82) is 0 Å². The maximum atomic E-state index is 5.65. The smallest absolute Gasteiger partial charge is 0.0949 e. The van der Waals surface area contributed by atoms with Crippen LogP contribution in [-0.4, -0.2) is 34.2 Å². The minimum atomic E-state index is 0.387. The van der Waals surface area contributed by atoms with E-state index in [4.69, 9.17) is 9.15 Å². The molecule has 1 atom stereocenters. The van der Waals surface area contributed by atoms with Gasteiger partial charge in [0.2, 0.25) is 0 Å². The molecule has 0 N–H and O–H groups in total. The molecule has 108 valence electrons. The highest BCUT2D eigenvalue weighted by Crippen LogP contribution is 2.28. The van der Waals surface area contributed by atoms with Gasteiger partial charge in [0.1, 0.15) is 0 Å². The third kappa shape index (κ3) is 2.64. The van der Waals surface area contributed by atoms with E-state index in [1.807, 2.05) is 25.6 Å². The van der Waals surface area contributed by atoms with Crippen LogP contribution in [0.25, 0.3) is 0 Å². The van der Waals surface area contributed by atoms with Gasteiger partial charge in [-0.25, -0.2) is 4.98 Å². The molecule has 1 aliphatic rings. The monoisotopic (exact) mass is 275 g/mol. The average Bonchev–Trinajstić information content (AvgIpc) is 3.07. The van der Waals surface area contributed by atoms with Crippen LogP contribution in [0, 0.1) is 0 Å². The Morgan fingerprint density at radius 1 is 1.50 bits per heavy atom. The first-order valence-corrected chi connectivity index (χ1v) is 7.09. The van der Waals surface area contributed by atoms with Gasteiger partial charge in [0.15, 0.2) is 0 Å². The predicted molar refractivity (Wildman–Crippen MR) is 75.3 cm³/mol. The number of aryl methyl sites for hydroxylation is 1. The van der Waals surface area contributed by atoms with Crippen molar-refractivity contribution < 1.29 is 9.15 Å². The van der Waals surface area contributed by atoms with Gasteiger partial charge in [0.25, 0.3) is 0 Å². The largest absolute Gasteiger partial charge is 0.472 e. The first kappa shape index (κ1) is 13.4. The fourth-order valence-corrected chi connectivity index (χ4v) is 2.96. The Kier molecular flexibility index (Phi) is 3.89. The average molecular weight is 275 g/mol. The lowest BCUT2D eigenvalue weighted by molar-refractivity contribution is 0.102. The van der Waals surface area contributed by atoms with Gasteiger partial charge in [0.05, 0.1) is 31.2 Å². The van der Waals surface area contributed by atoms with Crippen LogP contribution in [0.2, 0.25) is 0 Å². The second kappa shape index (κ2) is 5.81. The molecular weight excluding hydrogens is 254 g/mol. The number of imidazole rings is 1. The minimum Gasteiger partial charge on any atom is -0.472 e. The lowest BCUT2D eigenvalue weighted by Crippen LogP contribution is -2.35. The zero-order valence-electron chi connectivity index (χ0n) is 12.1. The molecule has 3 heterocycles. The molecule has 0 fully saturated rings. The van der Waals surface area contributed by atoms with Crippen molar-refractivity contribution in [2.45, 2.75) is 25.9 Å². The van der Waals surface area contributed by atoms with Gasteiger partial charge >= 0.3 is 0 Å². The summed E-state index contributed by atoms with van der Waals surface area (Å²) in [5, 5.41) is 0. The van der Waals surface area contributed by atoms with E-state index in [-0.39, 0.29) is 0 Å². The number of fused-ring (bicyclic) bond motifs is 1. The van der Waals surface area contributed by atoms with Gasteiger partial charge in [-0.05, 0) is 13.0 Å². The summed E-state index contributed by atoms with van der Waals surface area (Å²) in [5.74, 6) is 0.387. The van der Waals surface area contributed by atoms with Crippen molar-refractivity contribution in [2.75, 3.05) is 19.8 Å². The summed E-state index contributed by atoms with van der Waals surface area (Å²) < 4.78 is 12.9. The van der Waals surface area contributed by atoms with E-state index in [9.17, 15) is 0 Å². The number of nitrogens with zero attached hydrogens (tertiary/aromatic N) is 3. The summed E-state index contributed by atoms with van der Waals surface area (Å²) in [6.45, 7) is 6.34. The first-order chi connectivity index (χ1) is 9.78. The third-order valence-electron chi connectivity index (χ3n) is 3.81. The van der Waals surface area contributed by atoms with E-state index in [0.717, 1.165) is 32.8 Å². The normalized spacial score (nSPS) is 19.2. The van der Waals surface area contributed by atoms with Crippen LogP contribution in [0.5, 0.6) is 0 Å². The van der Waals surface area contributed by atoms with Gasteiger partial charge in [-0.1, -0.05) is 0 Å². The van der Waals surface area contributed by atoms with Gasteiger partial charge in [0, 0.05) is 50.5 Å². The Hall–Kier alpha value is -1.59. The third-order valence-corrected chi connectivity index (χ3v) is 3.81. The predicted octanol–water partition coefficient (Wildman–Crippen LogP) is 2.15. The molecule has 20 heavy (non-hydrogen) atoms. The summed E-state index contributed by atoms with van der Waals surface area (Å²) in [6.07, 6.45) is 5.44. The molecule has 1 aliphatic heterocycles. The van der Waals surface area contributed by atoms with Crippen molar-refractivity contribution in [3.63, 3.8) is 0 Å². The lowest BCUT2D eigenvalue weighted by atomic mass is 9.98. The molecule has 0 unspecified atom stereocenters. The van der Waals surface area contributed by atoms with Crippen LogP contribution in [0.4, 0.5) is 0 Å². The van der Waals surface area contributed by atoms with E-state index in [1.165, 1.54) is 17.0 Å². The van der Waals surface area contributed by atoms with Crippen molar-refractivity contribution in [1.82, 2.24) is 14.5 Å². The quantitative estimate of drug-likeness (QED) is 0.838. The van der Waals surface area contributed by atoms with Crippen LogP contribution in [-0.2, 0) is 24.9 Å². The number of aromatic nitrogens is 2. The van der Waals surface area contributed by atoms with Crippen LogP contribution in [0.1, 0.15) is 29.8 Å². The van der Waals surface area contributed by atoms with Crippen LogP contribution >= 0.6 is 0 Å². The summed E-state index contributed by atoms with van der Waals surface area (Å²) in [7, 11) is 2.07. The van der Waals surface area contributed by atoms with Crippen molar-refractivity contribution in [3.8, 4) is 0 Å². The summed E-state index contributed by atoms with van der Waals surface area (Å²) in [4.78, 5) is 6.94. The van der Waals surface area contributed by atoms with Crippen LogP contribution in [0.3, 0.4) is 0 Å². The Bertz CT molecular complexity index is 547. The fraction of sp³-hybridized carbons (Fsp3) is 0.533. The van der Waals surface area contributed by atoms with Crippen molar-refractivity contribution >= 4 is 0 Å². The molecule has 0 amide bonds. The molecular formula is C15H21N3O2. The van der Waals surface area contributed by atoms with Gasteiger partial charge in [-0.15, -0.1) is 0 Å². The molecule has 5 heteroatoms. The molecule has 2 aromatic rings. The highest BCUT2D eigenvalue weighted by Gasteiger charge is 2.29. The molecule has 0 bridgehead atoms.